The largest absolute Gasteiger partial charge is 0.368 e. The Hall–Kier alpha value is -2.37. The molecule has 1 aromatic heterocycles. The first-order chi connectivity index (χ1) is 12.3. The fourth-order valence-corrected chi connectivity index (χ4v) is 3.78. The quantitative estimate of drug-likeness (QED) is 0.857. The van der Waals surface area contributed by atoms with Crippen LogP contribution in [0.5, 0.6) is 0 Å². The monoisotopic (exact) mass is 338 g/mol. The highest BCUT2D eigenvalue weighted by Crippen LogP contribution is 2.22. The predicted octanol–water partition coefficient (Wildman–Crippen LogP) is 2.43. The Morgan fingerprint density at radius 1 is 0.920 bits per heavy atom. The fourth-order valence-electron chi connectivity index (χ4n) is 3.78. The van der Waals surface area contributed by atoms with Crippen molar-refractivity contribution >= 4 is 17.5 Å². The van der Waals surface area contributed by atoms with Gasteiger partial charge < -0.3 is 14.7 Å². The highest BCUT2D eigenvalue weighted by Gasteiger charge is 2.22. The van der Waals surface area contributed by atoms with Gasteiger partial charge in [-0.25, -0.2) is 0 Å². The van der Waals surface area contributed by atoms with E-state index in [9.17, 15) is 0 Å². The summed E-state index contributed by atoms with van der Waals surface area (Å²) in [5.41, 5.74) is 1.30. The van der Waals surface area contributed by atoms with Crippen molar-refractivity contribution < 1.29 is 0 Å². The number of piperidine rings is 1. The van der Waals surface area contributed by atoms with Crippen molar-refractivity contribution in [2.24, 2.45) is 5.92 Å². The van der Waals surface area contributed by atoms with Gasteiger partial charge in [-0.2, -0.15) is 10.1 Å². The van der Waals surface area contributed by atoms with E-state index in [1.54, 1.807) is 6.20 Å². The normalized spacial score (nSPS) is 21.5. The Bertz CT molecular complexity index is 683. The Balaban J connectivity index is 1.42. The molecule has 2 fully saturated rings. The number of aromatic nitrogens is 3. The molecule has 2 aromatic rings. The zero-order chi connectivity index (χ0) is 17.1. The van der Waals surface area contributed by atoms with E-state index in [0.29, 0.717) is 5.92 Å². The van der Waals surface area contributed by atoms with Crippen LogP contribution < -0.4 is 14.7 Å². The summed E-state index contributed by atoms with van der Waals surface area (Å²) < 4.78 is 0. The van der Waals surface area contributed by atoms with E-state index >= 15 is 0 Å². The maximum Gasteiger partial charge on any atom is 0.247 e. The van der Waals surface area contributed by atoms with Crippen LogP contribution in [0.2, 0.25) is 0 Å². The molecule has 1 unspecified atom stereocenters. The van der Waals surface area contributed by atoms with E-state index in [1.807, 2.05) is 0 Å². The van der Waals surface area contributed by atoms with Crippen LogP contribution >= 0.6 is 0 Å². The van der Waals surface area contributed by atoms with Crippen LogP contribution in [0.15, 0.2) is 36.5 Å². The Labute approximate surface area is 149 Å². The Morgan fingerprint density at radius 2 is 1.68 bits per heavy atom. The topological polar surface area (TPSA) is 48.4 Å². The summed E-state index contributed by atoms with van der Waals surface area (Å²) in [6, 6.07) is 10.6. The summed E-state index contributed by atoms with van der Waals surface area (Å²) in [5.74, 6) is 2.45. The van der Waals surface area contributed by atoms with Crippen LogP contribution in [-0.2, 0) is 0 Å². The number of hydrogen-bond acceptors (Lipinski definition) is 6. The molecule has 132 valence electrons. The molecule has 1 aromatic carbocycles. The molecule has 2 aliphatic rings. The molecule has 0 saturated carbocycles. The molecular formula is C19H26N6. The van der Waals surface area contributed by atoms with Gasteiger partial charge in [0, 0.05) is 45.0 Å². The number of anilines is 3. The van der Waals surface area contributed by atoms with E-state index < -0.39 is 0 Å². The SMILES string of the molecule is CC1CCCN(c2nncc(N3CCN(c4ccccc4)CC3)n2)C1. The minimum atomic E-state index is 0.704. The number of benzene rings is 1. The molecule has 0 bridgehead atoms. The standard InChI is InChI=1S/C19H26N6/c1-16-6-5-9-25(15-16)19-21-18(14-20-22-19)24-12-10-23(11-13-24)17-7-3-2-4-8-17/h2-4,7-8,14,16H,5-6,9-13,15H2,1H3. The van der Waals surface area contributed by atoms with Gasteiger partial charge in [0.15, 0.2) is 5.82 Å². The third-order valence-corrected chi connectivity index (χ3v) is 5.20. The van der Waals surface area contributed by atoms with Crippen LogP contribution in [0, 0.1) is 5.92 Å². The van der Waals surface area contributed by atoms with Gasteiger partial charge in [0.05, 0.1) is 6.20 Å². The first-order valence-electron chi connectivity index (χ1n) is 9.29. The first kappa shape index (κ1) is 16.1. The summed E-state index contributed by atoms with van der Waals surface area (Å²) >= 11 is 0. The molecule has 2 saturated heterocycles. The van der Waals surface area contributed by atoms with Crippen LogP contribution in [0.1, 0.15) is 19.8 Å². The average Bonchev–Trinajstić information content (AvgIpc) is 2.69. The van der Waals surface area contributed by atoms with Crippen molar-refractivity contribution in [2.75, 3.05) is 54.0 Å². The highest BCUT2D eigenvalue weighted by atomic mass is 15.4. The van der Waals surface area contributed by atoms with Crippen LogP contribution in [-0.4, -0.2) is 54.4 Å². The van der Waals surface area contributed by atoms with E-state index in [-0.39, 0.29) is 0 Å². The molecule has 0 radical (unpaired) electrons. The molecule has 0 aliphatic carbocycles. The lowest BCUT2D eigenvalue weighted by Gasteiger charge is -2.37. The lowest BCUT2D eigenvalue weighted by Crippen LogP contribution is -2.47. The molecule has 0 amide bonds. The van der Waals surface area contributed by atoms with Crippen LogP contribution in [0.3, 0.4) is 0 Å². The molecular weight excluding hydrogens is 312 g/mol. The van der Waals surface area contributed by atoms with Crippen molar-refractivity contribution in [3.8, 4) is 0 Å². The highest BCUT2D eigenvalue weighted by molar-refractivity contribution is 5.49. The second-order valence-electron chi connectivity index (χ2n) is 7.12. The molecule has 0 spiro atoms. The molecule has 3 heterocycles. The fraction of sp³-hybridized carbons (Fsp3) is 0.526. The van der Waals surface area contributed by atoms with E-state index in [0.717, 1.165) is 51.0 Å². The van der Waals surface area contributed by atoms with Crippen LogP contribution in [0.25, 0.3) is 0 Å². The van der Waals surface area contributed by atoms with Gasteiger partial charge in [0.1, 0.15) is 0 Å². The molecule has 0 N–H and O–H groups in total. The summed E-state index contributed by atoms with van der Waals surface area (Å²) in [6.45, 7) is 8.30. The zero-order valence-electron chi connectivity index (χ0n) is 14.9. The summed E-state index contributed by atoms with van der Waals surface area (Å²) in [7, 11) is 0. The Morgan fingerprint density at radius 3 is 2.44 bits per heavy atom. The smallest absolute Gasteiger partial charge is 0.247 e. The van der Waals surface area contributed by atoms with Crippen molar-refractivity contribution in [2.45, 2.75) is 19.8 Å². The molecule has 4 rings (SSSR count). The van der Waals surface area contributed by atoms with Gasteiger partial charge in [0.25, 0.3) is 0 Å². The van der Waals surface area contributed by atoms with Crippen LogP contribution in [0.4, 0.5) is 17.5 Å². The van der Waals surface area contributed by atoms with Gasteiger partial charge in [-0.05, 0) is 30.9 Å². The minimum Gasteiger partial charge on any atom is -0.368 e. The first-order valence-corrected chi connectivity index (χ1v) is 9.29. The van der Waals surface area contributed by atoms with Gasteiger partial charge in [-0.1, -0.05) is 25.1 Å². The maximum absolute atomic E-state index is 4.81. The van der Waals surface area contributed by atoms with Crippen molar-refractivity contribution in [1.82, 2.24) is 15.2 Å². The molecule has 1 atom stereocenters. The summed E-state index contributed by atoms with van der Waals surface area (Å²) in [5, 5.41) is 8.51. The van der Waals surface area contributed by atoms with Gasteiger partial charge >= 0.3 is 0 Å². The Kier molecular flexibility index (Phi) is 4.68. The third-order valence-electron chi connectivity index (χ3n) is 5.20. The van der Waals surface area contributed by atoms with Crippen molar-refractivity contribution in [3.05, 3.63) is 36.5 Å². The maximum atomic E-state index is 4.81. The van der Waals surface area contributed by atoms with Gasteiger partial charge in [0.2, 0.25) is 5.95 Å². The van der Waals surface area contributed by atoms with E-state index in [4.69, 9.17) is 4.98 Å². The lowest BCUT2D eigenvalue weighted by molar-refractivity contribution is 0.440. The summed E-state index contributed by atoms with van der Waals surface area (Å²) in [6.07, 6.45) is 4.31. The van der Waals surface area contributed by atoms with E-state index in [1.165, 1.54) is 18.5 Å². The molecule has 6 heteroatoms. The number of hydrogen-bond donors (Lipinski definition) is 0. The second-order valence-corrected chi connectivity index (χ2v) is 7.12. The third kappa shape index (κ3) is 3.67. The minimum absolute atomic E-state index is 0.704. The summed E-state index contributed by atoms with van der Waals surface area (Å²) in [4.78, 5) is 11.8. The lowest BCUT2D eigenvalue weighted by atomic mass is 10.0. The molecule has 2 aliphatic heterocycles. The van der Waals surface area contributed by atoms with Crippen molar-refractivity contribution in [3.63, 3.8) is 0 Å². The predicted molar refractivity (Wildman–Crippen MR) is 101 cm³/mol. The molecule has 25 heavy (non-hydrogen) atoms. The van der Waals surface area contributed by atoms with Gasteiger partial charge in [-0.15, -0.1) is 5.10 Å². The molecule has 6 nitrogen and oxygen atoms in total. The zero-order valence-corrected chi connectivity index (χ0v) is 14.9. The van der Waals surface area contributed by atoms with Gasteiger partial charge in [-0.3, -0.25) is 0 Å². The number of piperazine rings is 1. The van der Waals surface area contributed by atoms with Crippen molar-refractivity contribution in [1.29, 1.82) is 0 Å². The number of rotatable bonds is 3. The number of para-hydroxylation sites is 1. The average molecular weight is 338 g/mol. The second kappa shape index (κ2) is 7.25. The number of nitrogens with zero attached hydrogens (tertiary/aromatic N) is 6. The van der Waals surface area contributed by atoms with E-state index in [2.05, 4.69) is 62.2 Å².